The van der Waals surface area contributed by atoms with Crippen LogP contribution in [0, 0.1) is 0 Å². The Hall–Kier alpha value is -2.58. The molecule has 23 heavy (non-hydrogen) atoms. The average Bonchev–Trinajstić information content (AvgIpc) is 2.93. The van der Waals surface area contributed by atoms with E-state index < -0.39 is 17.0 Å². The summed E-state index contributed by atoms with van der Waals surface area (Å²) in [7, 11) is 0. The van der Waals surface area contributed by atoms with E-state index in [4.69, 9.17) is 11.6 Å². The molecule has 0 radical (unpaired) electrons. The number of para-hydroxylation sites is 1. The minimum atomic E-state index is -1.35. The van der Waals surface area contributed by atoms with Gasteiger partial charge in [0.15, 0.2) is 5.65 Å². The van der Waals surface area contributed by atoms with Crippen molar-refractivity contribution in [3.05, 3.63) is 51.5 Å². The zero-order chi connectivity index (χ0) is 16.1. The highest BCUT2D eigenvalue weighted by Crippen LogP contribution is 2.30. The summed E-state index contributed by atoms with van der Waals surface area (Å²) in [6.45, 7) is 0. The van der Waals surface area contributed by atoms with Crippen LogP contribution in [0.3, 0.4) is 0 Å². The monoisotopic (exact) mass is 349 g/mol. The van der Waals surface area contributed by atoms with Gasteiger partial charge in [-0.05, 0) is 23.7 Å². The van der Waals surface area contributed by atoms with E-state index in [2.05, 4.69) is 14.9 Å². The van der Waals surface area contributed by atoms with Gasteiger partial charge in [-0.2, -0.15) is 4.98 Å². The number of hydrogen-bond acceptors (Lipinski definition) is 6. The van der Waals surface area contributed by atoms with E-state index in [1.54, 1.807) is 16.5 Å². The molecule has 4 aromatic rings. The summed E-state index contributed by atoms with van der Waals surface area (Å²) in [5, 5.41) is 0.0117. The SMILES string of the molecule is O=C(OF)c1c(=O)c2cnc(Cl)nc2n2c1sc1ccccc12. The molecule has 6 nitrogen and oxygen atoms in total. The van der Waals surface area contributed by atoms with E-state index in [1.807, 2.05) is 12.1 Å². The molecule has 114 valence electrons. The first-order chi connectivity index (χ1) is 11.1. The normalized spacial score (nSPS) is 11.4. The highest BCUT2D eigenvalue weighted by atomic mass is 35.5. The van der Waals surface area contributed by atoms with Crippen LogP contribution in [0.1, 0.15) is 10.4 Å². The van der Waals surface area contributed by atoms with Gasteiger partial charge in [-0.3, -0.25) is 9.20 Å². The van der Waals surface area contributed by atoms with Gasteiger partial charge in [-0.15, -0.1) is 11.3 Å². The van der Waals surface area contributed by atoms with Crippen molar-refractivity contribution in [3.63, 3.8) is 0 Å². The van der Waals surface area contributed by atoms with Crippen LogP contribution < -0.4 is 5.43 Å². The molecule has 0 fully saturated rings. The first kappa shape index (κ1) is 14.0. The first-order valence-corrected chi connectivity index (χ1v) is 7.52. The summed E-state index contributed by atoms with van der Waals surface area (Å²) in [4.78, 5) is 35.7. The molecule has 0 aliphatic heterocycles. The van der Waals surface area contributed by atoms with Crippen molar-refractivity contribution < 1.29 is 14.3 Å². The topological polar surface area (TPSA) is 73.6 Å². The van der Waals surface area contributed by atoms with Crippen molar-refractivity contribution in [2.75, 3.05) is 0 Å². The van der Waals surface area contributed by atoms with Crippen LogP contribution in [0.4, 0.5) is 4.53 Å². The van der Waals surface area contributed by atoms with Crippen molar-refractivity contribution in [1.82, 2.24) is 14.4 Å². The van der Waals surface area contributed by atoms with Crippen LogP contribution in [-0.4, -0.2) is 20.3 Å². The molecule has 3 heterocycles. The van der Waals surface area contributed by atoms with E-state index in [-0.39, 0.29) is 21.1 Å². The van der Waals surface area contributed by atoms with Gasteiger partial charge in [0.05, 0.1) is 15.6 Å². The molecular weight excluding hydrogens is 345 g/mol. The summed E-state index contributed by atoms with van der Waals surface area (Å²) >= 11 is 6.99. The third-order valence-electron chi connectivity index (χ3n) is 3.43. The Morgan fingerprint density at radius 1 is 1.35 bits per heavy atom. The van der Waals surface area contributed by atoms with Crippen molar-refractivity contribution >= 4 is 55.0 Å². The minimum absolute atomic E-state index is 0.0400. The average molecular weight is 350 g/mol. The van der Waals surface area contributed by atoms with E-state index in [9.17, 15) is 14.1 Å². The lowest BCUT2D eigenvalue weighted by molar-refractivity contribution is -0.0787. The lowest BCUT2D eigenvalue weighted by atomic mass is 10.2. The van der Waals surface area contributed by atoms with Crippen LogP contribution in [0.2, 0.25) is 5.28 Å². The maximum Gasteiger partial charge on any atom is 0.386 e. The highest BCUT2D eigenvalue weighted by Gasteiger charge is 2.24. The Morgan fingerprint density at radius 3 is 2.91 bits per heavy atom. The van der Waals surface area contributed by atoms with E-state index >= 15 is 0 Å². The molecule has 0 N–H and O–H groups in total. The van der Waals surface area contributed by atoms with Gasteiger partial charge in [0.25, 0.3) is 0 Å². The zero-order valence-corrected chi connectivity index (χ0v) is 12.7. The summed E-state index contributed by atoms with van der Waals surface area (Å²) in [6.07, 6.45) is 1.21. The zero-order valence-electron chi connectivity index (χ0n) is 11.1. The molecule has 0 bridgehead atoms. The molecule has 3 aromatic heterocycles. The molecule has 0 unspecified atom stereocenters. The maximum atomic E-state index is 12.5. The molecule has 0 aliphatic rings. The number of aromatic nitrogens is 3. The second-order valence-electron chi connectivity index (χ2n) is 4.66. The molecule has 9 heteroatoms. The third-order valence-corrected chi connectivity index (χ3v) is 4.75. The van der Waals surface area contributed by atoms with Gasteiger partial charge in [0.1, 0.15) is 10.4 Å². The molecule has 1 aromatic carbocycles. The predicted molar refractivity (Wildman–Crippen MR) is 83.7 cm³/mol. The molecule has 0 amide bonds. The maximum absolute atomic E-state index is 12.5. The molecule has 0 saturated carbocycles. The number of pyridine rings is 1. The molecule has 0 spiro atoms. The van der Waals surface area contributed by atoms with Crippen LogP contribution in [0.15, 0.2) is 35.3 Å². The van der Waals surface area contributed by atoms with Crippen LogP contribution in [-0.2, 0) is 4.94 Å². The fourth-order valence-corrected chi connectivity index (χ4v) is 3.80. The summed E-state index contributed by atoms with van der Waals surface area (Å²) in [6, 6.07) is 7.22. The predicted octanol–water partition coefficient (Wildman–Crippen LogP) is 3.15. The number of carbonyl (C=O) groups is 1. The summed E-state index contributed by atoms with van der Waals surface area (Å²) in [5.74, 6) is -1.35. The van der Waals surface area contributed by atoms with E-state index in [0.29, 0.717) is 5.52 Å². The third kappa shape index (κ3) is 1.92. The Balaban J connectivity index is 2.38. The minimum Gasteiger partial charge on any atom is -0.288 e. The molecule has 0 saturated heterocycles. The second-order valence-corrected chi connectivity index (χ2v) is 6.02. The standard InChI is InChI=1S/C14H5ClFN3O3S/c15-14-17-5-6-10(20)9(13(21)22-16)12-19(11(6)18-14)7-3-1-2-4-8(7)23-12/h1-5H. The number of rotatable bonds is 1. The van der Waals surface area contributed by atoms with Crippen LogP contribution >= 0.6 is 22.9 Å². The Bertz CT molecular complexity index is 1170. The number of carbonyl (C=O) groups excluding carboxylic acids is 1. The lowest BCUT2D eigenvalue weighted by Crippen LogP contribution is -2.18. The Labute approximate surface area is 135 Å². The van der Waals surface area contributed by atoms with Crippen LogP contribution in [0.25, 0.3) is 26.1 Å². The number of halogens is 2. The molecule has 4 rings (SSSR count). The summed E-state index contributed by atoms with van der Waals surface area (Å²) in [5.41, 5.74) is -0.143. The Kier molecular flexibility index (Phi) is 3.03. The van der Waals surface area contributed by atoms with Gasteiger partial charge in [-0.25, -0.2) is 14.7 Å². The van der Waals surface area contributed by atoms with Gasteiger partial charge in [0.2, 0.25) is 10.7 Å². The van der Waals surface area contributed by atoms with Gasteiger partial charge < -0.3 is 0 Å². The van der Waals surface area contributed by atoms with Gasteiger partial charge in [0, 0.05) is 10.7 Å². The van der Waals surface area contributed by atoms with Crippen molar-refractivity contribution in [2.45, 2.75) is 0 Å². The van der Waals surface area contributed by atoms with E-state index in [0.717, 1.165) is 16.0 Å². The van der Waals surface area contributed by atoms with Crippen molar-refractivity contribution in [2.24, 2.45) is 0 Å². The van der Waals surface area contributed by atoms with Gasteiger partial charge >= 0.3 is 5.97 Å². The fraction of sp³-hybridized carbons (Fsp3) is 0. The van der Waals surface area contributed by atoms with Crippen molar-refractivity contribution in [1.29, 1.82) is 0 Å². The second kappa shape index (κ2) is 4.97. The van der Waals surface area contributed by atoms with Crippen LogP contribution in [0.5, 0.6) is 0 Å². The smallest absolute Gasteiger partial charge is 0.288 e. The number of thiazole rings is 1. The quantitative estimate of drug-likeness (QED) is 0.493. The highest BCUT2D eigenvalue weighted by molar-refractivity contribution is 7.24. The van der Waals surface area contributed by atoms with E-state index in [1.165, 1.54) is 6.20 Å². The largest absolute Gasteiger partial charge is 0.386 e. The Morgan fingerprint density at radius 2 is 2.13 bits per heavy atom. The summed E-state index contributed by atoms with van der Waals surface area (Å²) < 4.78 is 14.8. The molecule has 0 atom stereocenters. The number of nitrogens with zero attached hydrogens (tertiary/aromatic N) is 3. The first-order valence-electron chi connectivity index (χ1n) is 6.33. The number of benzene rings is 1. The molecular formula is C14H5ClFN3O3S. The fourth-order valence-electron chi connectivity index (χ4n) is 2.49. The lowest BCUT2D eigenvalue weighted by Gasteiger charge is -2.05. The number of fused-ring (bicyclic) bond motifs is 5. The number of hydrogen-bond donors (Lipinski definition) is 0. The van der Waals surface area contributed by atoms with Gasteiger partial charge in [-0.1, -0.05) is 12.1 Å². The van der Waals surface area contributed by atoms with Crippen molar-refractivity contribution in [3.8, 4) is 0 Å². The molecule has 0 aliphatic carbocycles.